The SMILES string of the molecule is COc1ccc(OC)c(N2CCC(C(C)N)C2)c1. The summed E-state index contributed by atoms with van der Waals surface area (Å²) in [5.41, 5.74) is 7.08. The molecule has 0 amide bonds. The van der Waals surface area contributed by atoms with Crippen molar-refractivity contribution in [2.75, 3.05) is 32.2 Å². The van der Waals surface area contributed by atoms with Crippen molar-refractivity contribution >= 4 is 5.69 Å². The molecule has 0 radical (unpaired) electrons. The van der Waals surface area contributed by atoms with E-state index in [1.807, 2.05) is 18.2 Å². The highest BCUT2D eigenvalue weighted by Crippen LogP contribution is 2.35. The molecule has 1 aromatic rings. The number of ether oxygens (including phenoxy) is 2. The average molecular weight is 250 g/mol. The van der Waals surface area contributed by atoms with E-state index in [4.69, 9.17) is 15.2 Å². The Morgan fingerprint density at radius 2 is 2.11 bits per heavy atom. The summed E-state index contributed by atoms with van der Waals surface area (Å²) in [6.45, 7) is 4.09. The molecule has 1 aliphatic rings. The Kier molecular flexibility index (Phi) is 3.97. The summed E-state index contributed by atoms with van der Waals surface area (Å²) in [6, 6.07) is 6.14. The number of benzene rings is 1. The standard InChI is InChI=1S/C14H22N2O2/c1-10(15)11-6-7-16(9-11)13-8-12(17-2)4-5-14(13)18-3/h4-5,8,10-11H,6-7,9,15H2,1-3H3. The van der Waals surface area contributed by atoms with E-state index in [1.54, 1.807) is 14.2 Å². The predicted molar refractivity (Wildman–Crippen MR) is 73.5 cm³/mol. The molecular weight excluding hydrogens is 228 g/mol. The smallest absolute Gasteiger partial charge is 0.142 e. The van der Waals surface area contributed by atoms with Gasteiger partial charge in [-0.15, -0.1) is 0 Å². The molecule has 0 aliphatic carbocycles. The molecule has 1 aliphatic heterocycles. The maximum absolute atomic E-state index is 5.98. The Morgan fingerprint density at radius 1 is 1.33 bits per heavy atom. The van der Waals surface area contributed by atoms with Crippen LogP contribution in [0.1, 0.15) is 13.3 Å². The van der Waals surface area contributed by atoms with Gasteiger partial charge in [-0.25, -0.2) is 0 Å². The van der Waals surface area contributed by atoms with Crippen molar-refractivity contribution in [3.8, 4) is 11.5 Å². The van der Waals surface area contributed by atoms with Gasteiger partial charge in [-0.1, -0.05) is 0 Å². The fourth-order valence-electron chi connectivity index (χ4n) is 2.48. The van der Waals surface area contributed by atoms with Gasteiger partial charge in [-0.3, -0.25) is 0 Å². The van der Waals surface area contributed by atoms with Gasteiger partial charge in [-0.2, -0.15) is 0 Å². The zero-order valence-corrected chi connectivity index (χ0v) is 11.3. The Hall–Kier alpha value is -1.42. The molecule has 0 aromatic heterocycles. The normalized spacial score (nSPS) is 20.9. The molecule has 1 heterocycles. The van der Waals surface area contributed by atoms with Crippen molar-refractivity contribution in [1.29, 1.82) is 0 Å². The molecule has 4 heteroatoms. The van der Waals surface area contributed by atoms with E-state index in [0.717, 1.165) is 36.7 Å². The van der Waals surface area contributed by atoms with Gasteiger partial charge in [0.2, 0.25) is 0 Å². The number of hydrogen-bond donors (Lipinski definition) is 1. The van der Waals surface area contributed by atoms with Gasteiger partial charge in [0.05, 0.1) is 19.9 Å². The lowest BCUT2D eigenvalue weighted by Crippen LogP contribution is -2.29. The highest BCUT2D eigenvalue weighted by molar-refractivity contribution is 5.62. The van der Waals surface area contributed by atoms with E-state index in [9.17, 15) is 0 Å². The fourth-order valence-corrected chi connectivity index (χ4v) is 2.48. The summed E-state index contributed by atoms with van der Waals surface area (Å²) in [7, 11) is 3.38. The lowest BCUT2D eigenvalue weighted by molar-refractivity contribution is 0.403. The van der Waals surface area contributed by atoms with Crippen LogP contribution in [0, 0.1) is 5.92 Å². The van der Waals surface area contributed by atoms with Crippen molar-refractivity contribution in [2.45, 2.75) is 19.4 Å². The van der Waals surface area contributed by atoms with Crippen LogP contribution < -0.4 is 20.1 Å². The molecule has 100 valence electrons. The van der Waals surface area contributed by atoms with Crippen molar-refractivity contribution in [2.24, 2.45) is 11.7 Å². The van der Waals surface area contributed by atoms with Gasteiger partial charge < -0.3 is 20.1 Å². The molecule has 0 spiro atoms. The Bertz CT molecular complexity index is 407. The van der Waals surface area contributed by atoms with Crippen LogP contribution in [0.2, 0.25) is 0 Å². The number of nitrogens with two attached hydrogens (primary N) is 1. The molecule has 2 atom stereocenters. The van der Waals surface area contributed by atoms with Gasteiger partial charge in [0.1, 0.15) is 11.5 Å². The first-order valence-corrected chi connectivity index (χ1v) is 6.38. The minimum Gasteiger partial charge on any atom is -0.497 e. The van der Waals surface area contributed by atoms with Crippen LogP contribution in [0.25, 0.3) is 0 Å². The largest absolute Gasteiger partial charge is 0.497 e. The summed E-state index contributed by atoms with van der Waals surface area (Å²) in [5, 5.41) is 0. The van der Waals surface area contributed by atoms with Crippen LogP contribution in [-0.4, -0.2) is 33.4 Å². The van der Waals surface area contributed by atoms with Crippen LogP contribution in [0.15, 0.2) is 18.2 Å². The quantitative estimate of drug-likeness (QED) is 0.886. The monoisotopic (exact) mass is 250 g/mol. The molecular formula is C14H22N2O2. The van der Waals surface area contributed by atoms with Crippen molar-refractivity contribution in [3.05, 3.63) is 18.2 Å². The molecule has 1 saturated heterocycles. The van der Waals surface area contributed by atoms with Crippen LogP contribution in [0.3, 0.4) is 0 Å². The lowest BCUT2D eigenvalue weighted by atomic mass is 10.0. The first kappa shape index (κ1) is 13.0. The van der Waals surface area contributed by atoms with Gasteiger partial charge in [0.15, 0.2) is 0 Å². The average Bonchev–Trinajstić information content (AvgIpc) is 2.87. The predicted octanol–water partition coefficient (Wildman–Crippen LogP) is 1.88. The van der Waals surface area contributed by atoms with Crippen LogP contribution in [0.4, 0.5) is 5.69 Å². The minimum atomic E-state index is 0.242. The Balaban J connectivity index is 2.22. The summed E-state index contributed by atoms with van der Waals surface area (Å²) in [4.78, 5) is 2.33. The second-order valence-electron chi connectivity index (χ2n) is 4.89. The molecule has 18 heavy (non-hydrogen) atoms. The number of methoxy groups -OCH3 is 2. The third kappa shape index (κ3) is 2.53. The molecule has 0 bridgehead atoms. The molecule has 0 saturated carbocycles. The summed E-state index contributed by atoms with van der Waals surface area (Å²) >= 11 is 0. The lowest BCUT2D eigenvalue weighted by Gasteiger charge is -2.22. The summed E-state index contributed by atoms with van der Waals surface area (Å²) in [6.07, 6.45) is 1.14. The second-order valence-corrected chi connectivity index (χ2v) is 4.89. The molecule has 4 nitrogen and oxygen atoms in total. The van der Waals surface area contributed by atoms with Gasteiger partial charge >= 0.3 is 0 Å². The van der Waals surface area contributed by atoms with Crippen LogP contribution in [0.5, 0.6) is 11.5 Å². The van der Waals surface area contributed by atoms with E-state index in [2.05, 4.69) is 11.8 Å². The minimum absolute atomic E-state index is 0.242. The molecule has 2 N–H and O–H groups in total. The molecule has 2 unspecified atom stereocenters. The molecule has 1 aromatic carbocycles. The van der Waals surface area contributed by atoms with Gasteiger partial charge in [0, 0.05) is 25.2 Å². The summed E-state index contributed by atoms with van der Waals surface area (Å²) < 4.78 is 10.7. The number of nitrogens with zero attached hydrogens (tertiary/aromatic N) is 1. The van der Waals surface area contributed by atoms with Crippen molar-refractivity contribution in [3.63, 3.8) is 0 Å². The fraction of sp³-hybridized carbons (Fsp3) is 0.571. The first-order chi connectivity index (χ1) is 8.65. The Labute approximate surface area is 109 Å². The van der Waals surface area contributed by atoms with Crippen molar-refractivity contribution in [1.82, 2.24) is 0 Å². The second kappa shape index (κ2) is 5.48. The van der Waals surface area contributed by atoms with E-state index in [1.165, 1.54) is 0 Å². The van der Waals surface area contributed by atoms with Gasteiger partial charge in [-0.05, 0) is 31.4 Å². The molecule has 1 fully saturated rings. The maximum Gasteiger partial charge on any atom is 0.142 e. The zero-order valence-electron chi connectivity index (χ0n) is 11.3. The van der Waals surface area contributed by atoms with Crippen molar-refractivity contribution < 1.29 is 9.47 Å². The summed E-state index contributed by atoms with van der Waals surface area (Å²) in [5.74, 6) is 2.30. The van der Waals surface area contributed by atoms with E-state index in [0.29, 0.717) is 5.92 Å². The Morgan fingerprint density at radius 3 is 2.67 bits per heavy atom. The third-order valence-corrected chi connectivity index (χ3v) is 3.69. The molecule has 2 rings (SSSR count). The van der Waals surface area contributed by atoms with E-state index >= 15 is 0 Å². The zero-order chi connectivity index (χ0) is 13.1. The first-order valence-electron chi connectivity index (χ1n) is 6.38. The van der Waals surface area contributed by atoms with Crippen LogP contribution >= 0.6 is 0 Å². The van der Waals surface area contributed by atoms with E-state index < -0.39 is 0 Å². The highest BCUT2D eigenvalue weighted by Gasteiger charge is 2.27. The number of rotatable bonds is 4. The topological polar surface area (TPSA) is 47.7 Å². The van der Waals surface area contributed by atoms with E-state index in [-0.39, 0.29) is 6.04 Å². The number of hydrogen-bond acceptors (Lipinski definition) is 4. The maximum atomic E-state index is 5.98. The highest BCUT2D eigenvalue weighted by atomic mass is 16.5. The van der Waals surface area contributed by atoms with Crippen LogP contribution in [-0.2, 0) is 0 Å². The third-order valence-electron chi connectivity index (χ3n) is 3.69. The van der Waals surface area contributed by atoms with Gasteiger partial charge in [0.25, 0.3) is 0 Å². The number of anilines is 1.